The Labute approximate surface area is 202 Å². The second kappa shape index (κ2) is 11.0. The Balaban J connectivity index is 1.79. The molecule has 0 aliphatic heterocycles. The van der Waals surface area contributed by atoms with Gasteiger partial charge in [-0.25, -0.2) is 0 Å². The van der Waals surface area contributed by atoms with Crippen molar-refractivity contribution in [1.82, 2.24) is 4.90 Å². The first-order chi connectivity index (χ1) is 16.5. The van der Waals surface area contributed by atoms with E-state index in [1.807, 2.05) is 54.6 Å². The predicted octanol–water partition coefficient (Wildman–Crippen LogP) is 7.44. The van der Waals surface area contributed by atoms with Gasteiger partial charge in [0.15, 0.2) is 0 Å². The third-order valence-electron chi connectivity index (χ3n) is 6.48. The highest BCUT2D eigenvalue weighted by Gasteiger charge is 2.28. The third kappa shape index (κ3) is 5.62. The van der Waals surface area contributed by atoms with Crippen LogP contribution in [0.4, 0.5) is 0 Å². The molecule has 1 N–H and O–H groups in total. The lowest BCUT2D eigenvalue weighted by molar-refractivity contribution is -0.138. The molecule has 0 heterocycles. The Morgan fingerprint density at radius 2 is 1.41 bits per heavy atom. The van der Waals surface area contributed by atoms with Gasteiger partial charge in [0, 0.05) is 18.6 Å². The molecule has 0 aliphatic carbocycles. The number of aryl methyl sites for hydroxylation is 1. The van der Waals surface area contributed by atoms with Crippen LogP contribution in [0.2, 0.25) is 0 Å². The Hall–Kier alpha value is -3.69. The van der Waals surface area contributed by atoms with Crippen molar-refractivity contribution < 1.29 is 9.90 Å². The highest BCUT2D eigenvalue weighted by atomic mass is 16.4. The van der Waals surface area contributed by atoms with E-state index in [4.69, 9.17) is 0 Å². The van der Waals surface area contributed by atoms with Gasteiger partial charge in [0.2, 0.25) is 0 Å². The van der Waals surface area contributed by atoms with E-state index in [1.54, 1.807) is 0 Å². The van der Waals surface area contributed by atoms with E-state index in [2.05, 4.69) is 73.3 Å². The zero-order valence-electron chi connectivity index (χ0n) is 19.8. The number of carbonyl (C=O) groups is 1. The summed E-state index contributed by atoms with van der Waals surface area (Å²) >= 11 is 0. The smallest absolute Gasteiger partial charge is 0.305 e. The molecule has 3 nitrogen and oxygen atoms in total. The fourth-order valence-electron chi connectivity index (χ4n) is 4.64. The molecule has 34 heavy (non-hydrogen) atoms. The number of carboxylic acids is 1. The van der Waals surface area contributed by atoms with Gasteiger partial charge < -0.3 is 5.11 Å². The molecule has 0 radical (unpaired) electrons. The maximum Gasteiger partial charge on any atom is 0.305 e. The highest BCUT2D eigenvalue weighted by Crippen LogP contribution is 2.36. The van der Waals surface area contributed by atoms with Crippen LogP contribution >= 0.6 is 0 Å². The summed E-state index contributed by atoms with van der Waals surface area (Å²) in [6, 6.07) is 37.0. The first-order valence-electron chi connectivity index (χ1n) is 11.8. The minimum atomic E-state index is -0.801. The number of aliphatic carboxylic acids is 1. The van der Waals surface area contributed by atoms with Gasteiger partial charge in [-0.15, -0.1) is 0 Å². The van der Waals surface area contributed by atoms with Gasteiger partial charge in [-0.1, -0.05) is 103 Å². The van der Waals surface area contributed by atoms with Crippen LogP contribution in [0, 0.1) is 6.92 Å². The van der Waals surface area contributed by atoms with Gasteiger partial charge in [-0.2, -0.15) is 0 Å². The van der Waals surface area contributed by atoms with Gasteiger partial charge in [0.1, 0.15) is 0 Å². The molecule has 4 aromatic rings. The summed E-state index contributed by atoms with van der Waals surface area (Å²) in [5, 5.41) is 9.92. The summed E-state index contributed by atoms with van der Waals surface area (Å²) in [5.74, 6) is -0.801. The highest BCUT2D eigenvalue weighted by molar-refractivity contribution is 5.70. The minimum Gasteiger partial charge on any atom is -0.481 e. The molecule has 172 valence electrons. The van der Waals surface area contributed by atoms with Crippen LogP contribution in [0.25, 0.3) is 11.1 Å². The van der Waals surface area contributed by atoms with Crippen LogP contribution in [0.15, 0.2) is 109 Å². The SMILES string of the molecule is Cc1ccccc1-c1cccc(C(CC(=O)O)N(Cc2ccccc2)C(C)c2ccccc2)c1. The monoisotopic (exact) mass is 449 g/mol. The number of hydrogen-bond acceptors (Lipinski definition) is 2. The first-order valence-corrected chi connectivity index (χ1v) is 11.8. The van der Waals surface area contributed by atoms with Gasteiger partial charge in [-0.3, -0.25) is 9.69 Å². The molecule has 0 saturated carbocycles. The molecule has 0 aromatic heterocycles. The summed E-state index contributed by atoms with van der Waals surface area (Å²) in [5.41, 5.74) is 6.83. The number of benzene rings is 4. The fraction of sp³-hybridized carbons (Fsp3) is 0.194. The normalized spacial score (nSPS) is 12.9. The van der Waals surface area contributed by atoms with Crippen LogP contribution in [-0.4, -0.2) is 16.0 Å². The third-order valence-corrected chi connectivity index (χ3v) is 6.48. The van der Waals surface area contributed by atoms with Gasteiger partial charge in [0.25, 0.3) is 0 Å². The van der Waals surface area contributed by atoms with E-state index >= 15 is 0 Å². The van der Waals surface area contributed by atoms with Crippen molar-refractivity contribution in [3.63, 3.8) is 0 Å². The molecule has 0 aliphatic rings. The number of nitrogens with zero attached hydrogens (tertiary/aromatic N) is 1. The first kappa shape index (κ1) is 23.5. The van der Waals surface area contributed by atoms with Crippen LogP contribution in [0.5, 0.6) is 0 Å². The topological polar surface area (TPSA) is 40.5 Å². The van der Waals surface area contributed by atoms with Crippen molar-refractivity contribution >= 4 is 5.97 Å². The second-order valence-electron chi connectivity index (χ2n) is 8.80. The van der Waals surface area contributed by atoms with Gasteiger partial charge in [0.05, 0.1) is 6.42 Å². The van der Waals surface area contributed by atoms with Crippen molar-refractivity contribution in [2.24, 2.45) is 0 Å². The summed E-state index contributed by atoms with van der Waals surface area (Å²) in [4.78, 5) is 14.4. The fourth-order valence-corrected chi connectivity index (χ4v) is 4.64. The zero-order chi connectivity index (χ0) is 23.9. The van der Waals surface area contributed by atoms with Crippen molar-refractivity contribution in [2.45, 2.75) is 38.9 Å². The summed E-state index contributed by atoms with van der Waals surface area (Å²) in [7, 11) is 0. The average Bonchev–Trinajstić information content (AvgIpc) is 2.87. The van der Waals surface area contributed by atoms with E-state index in [1.165, 1.54) is 16.7 Å². The molecular formula is C31H31NO2. The van der Waals surface area contributed by atoms with Crippen LogP contribution < -0.4 is 0 Å². The average molecular weight is 450 g/mol. The zero-order valence-corrected chi connectivity index (χ0v) is 19.8. The predicted molar refractivity (Wildman–Crippen MR) is 138 cm³/mol. The van der Waals surface area contributed by atoms with Crippen LogP contribution in [-0.2, 0) is 11.3 Å². The molecule has 0 fully saturated rings. The van der Waals surface area contributed by atoms with Crippen molar-refractivity contribution in [3.8, 4) is 11.1 Å². The van der Waals surface area contributed by atoms with E-state index in [9.17, 15) is 9.90 Å². The number of hydrogen-bond donors (Lipinski definition) is 1. The molecule has 0 spiro atoms. The molecular weight excluding hydrogens is 418 g/mol. The quantitative estimate of drug-likeness (QED) is 0.289. The summed E-state index contributed by atoms with van der Waals surface area (Å²) < 4.78 is 0. The lowest BCUT2D eigenvalue weighted by atomic mass is 9.93. The number of rotatable bonds is 9. The molecule has 0 amide bonds. The second-order valence-corrected chi connectivity index (χ2v) is 8.80. The molecule has 4 rings (SSSR count). The Kier molecular flexibility index (Phi) is 7.56. The van der Waals surface area contributed by atoms with Gasteiger partial charge >= 0.3 is 5.97 Å². The summed E-state index contributed by atoms with van der Waals surface area (Å²) in [6.07, 6.45) is 0.0290. The molecule has 2 atom stereocenters. The molecule has 4 aromatic carbocycles. The van der Waals surface area contributed by atoms with Crippen molar-refractivity contribution in [2.75, 3.05) is 0 Å². The lowest BCUT2D eigenvalue weighted by Crippen LogP contribution is -2.32. The maximum atomic E-state index is 12.1. The van der Waals surface area contributed by atoms with E-state index < -0.39 is 5.97 Å². The lowest BCUT2D eigenvalue weighted by Gasteiger charge is -2.37. The van der Waals surface area contributed by atoms with E-state index in [0.29, 0.717) is 6.54 Å². The standard InChI is InChI=1S/C31H31NO2/c1-23-12-9-10-19-29(23)27-17-11-18-28(20-27)30(21-31(33)34)32(22-25-13-5-3-6-14-25)24(2)26-15-7-4-8-16-26/h3-20,24,30H,21-22H2,1-2H3,(H,33,34). The Morgan fingerprint density at radius 1 is 0.794 bits per heavy atom. The molecule has 2 unspecified atom stereocenters. The van der Waals surface area contributed by atoms with E-state index in [0.717, 1.165) is 16.7 Å². The summed E-state index contributed by atoms with van der Waals surface area (Å²) in [6.45, 7) is 4.93. The van der Waals surface area contributed by atoms with Crippen molar-refractivity contribution in [3.05, 3.63) is 131 Å². The van der Waals surface area contributed by atoms with Crippen LogP contribution in [0.3, 0.4) is 0 Å². The van der Waals surface area contributed by atoms with Crippen LogP contribution in [0.1, 0.15) is 47.7 Å². The number of carboxylic acid groups (broad SMARTS) is 1. The maximum absolute atomic E-state index is 12.1. The van der Waals surface area contributed by atoms with E-state index in [-0.39, 0.29) is 18.5 Å². The van der Waals surface area contributed by atoms with Gasteiger partial charge in [-0.05, 0) is 53.3 Å². The molecule has 0 bridgehead atoms. The largest absolute Gasteiger partial charge is 0.481 e. The molecule has 0 saturated heterocycles. The van der Waals surface area contributed by atoms with Crippen molar-refractivity contribution in [1.29, 1.82) is 0 Å². The Morgan fingerprint density at radius 3 is 2.09 bits per heavy atom. The minimum absolute atomic E-state index is 0.0290. The Bertz CT molecular complexity index is 1220. The molecule has 3 heteroatoms.